The van der Waals surface area contributed by atoms with Gasteiger partial charge in [0.05, 0.1) is 12.0 Å². The van der Waals surface area contributed by atoms with Gasteiger partial charge < -0.3 is 19.2 Å². The number of esters is 1. The maximum Gasteiger partial charge on any atom is 0.336 e. The van der Waals surface area contributed by atoms with Crippen LogP contribution in [0.5, 0.6) is 5.75 Å². The molecule has 3 aromatic rings. The monoisotopic (exact) mass is 421 g/mol. The Morgan fingerprint density at radius 2 is 1.97 bits per heavy atom. The van der Waals surface area contributed by atoms with Crippen molar-refractivity contribution in [1.82, 2.24) is 4.90 Å². The van der Waals surface area contributed by atoms with Crippen molar-refractivity contribution in [3.05, 3.63) is 75.6 Å². The first-order valence-corrected chi connectivity index (χ1v) is 10.1. The second-order valence-corrected chi connectivity index (χ2v) is 7.82. The smallest absolute Gasteiger partial charge is 0.336 e. The molecule has 2 heterocycles. The second-order valence-electron chi connectivity index (χ2n) is 7.82. The van der Waals surface area contributed by atoms with Crippen molar-refractivity contribution in [3.8, 4) is 5.75 Å². The lowest BCUT2D eigenvalue weighted by Gasteiger charge is -2.25. The van der Waals surface area contributed by atoms with Crippen LogP contribution in [0.25, 0.3) is 11.0 Å². The molecular weight excluding hydrogens is 398 g/mol. The van der Waals surface area contributed by atoms with Crippen LogP contribution in [-0.4, -0.2) is 28.4 Å². The molecule has 0 spiro atoms. The molecule has 1 N–H and O–H groups in total. The number of phenols is 1. The van der Waals surface area contributed by atoms with Gasteiger partial charge in [0.1, 0.15) is 17.9 Å². The van der Waals surface area contributed by atoms with Crippen LogP contribution in [0.4, 0.5) is 0 Å². The number of benzene rings is 2. The Morgan fingerprint density at radius 3 is 2.71 bits per heavy atom. The average Bonchev–Trinajstić information content (AvgIpc) is 3.16. The fourth-order valence-corrected chi connectivity index (χ4v) is 3.98. The third-order valence-electron chi connectivity index (χ3n) is 5.83. The quantitative estimate of drug-likeness (QED) is 0.501. The summed E-state index contributed by atoms with van der Waals surface area (Å²) in [5.74, 6) is -1.11. The van der Waals surface area contributed by atoms with Crippen LogP contribution in [0.1, 0.15) is 36.1 Å². The Bertz CT molecular complexity index is 1200. The molecule has 1 aromatic heterocycles. The summed E-state index contributed by atoms with van der Waals surface area (Å²) in [5.41, 5.74) is 1.60. The molecule has 1 fully saturated rings. The lowest BCUT2D eigenvalue weighted by Crippen LogP contribution is -2.29. The number of hydrogen-bond donors (Lipinski definition) is 1. The van der Waals surface area contributed by atoms with Crippen molar-refractivity contribution < 1.29 is 23.8 Å². The molecule has 0 aliphatic carbocycles. The highest BCUT2D eigenvalue weighted by atomic mass is 16.5. The van der Waals surface area contributed by atoms with Gasteiger partial charge in [-0.1, -0.05) is 30.3 Å². The van der Waals surface area contributed by atoms with Gasteiger partial charge in [-0.2, -0.15) is 0 Å². The van der Waals surface area contributed by atoms with Gasteiger partial charge in [-0.15, -0.1) is 0 Å². The van der Waals surface area contributed by atoms with Gasteiger partial charge >= 0.3 is 11.6 Å². The van der Waals surface area contributed by atoms with E-state index in [1.165, 1.54) is 12.1 Å². The lowest BCUT2D eigenvalue weighted by atomic mass is 10.1. The van der Waals surface area contributed by atoms with Gasteiger partial charge in [0.25, 0.3) is 0 Å². The van der Waals surface area contributed by atoms with Crippen molar-refractivity contribution in [2.45, 2.75) is 32.9 Å². The Kier molecular flexibility index (Phi) is 5.50. The molecular formula is C24H23NO6. The van der Waals surface area contributed by atoms with Crippen LogP contribution in [0.15, 0.2) is 57.7 Å². The third-order valence-corrected chi connectivity index (χ3v) is 5.83. The normalized spacial score (nSPS) is 17.2. The van der Waals surface area contributed by atoms with E-state index in [-0.39, 0.29) is 36.3 Å². The maximum atomic E-state index is 12.7. The van der Waals surface area contributed by atoms with Crippen molar-refractivity contribution in [2.24, 2.45) is 5.92 Å². The molecule has 1 aliphatic rings. The molecule has 7 nitrogen and oxygen atoms in total. The number of hydrogen-bond acceptors (Lipinski definition) is 6. The molecule has 31 heavy (non-hydrogen) atoms. The Labute approximate surface area is 178 Å². The molecule has 7 heteroatoms. The molecule has 2 aromatic carbocycles. The second kappa shape index (κ2) is 8.26. The highest BCUT2D eigenvalue weighted by molar-refractivity contribution is 5.88. The number of ether oxygens (including phenoxy) is 1. The number of fused-ring (bicyclic) bond motifs is 1. The third kappa shape index (κ3) is 4.03. The zero-order chi connectivity index (χ0) is 22.1. The van der Waals surface area contributed by atoms with Gasteiger partial charge in [0.2, 0.25) is 5.91 Å². The van der Waals surface area contributed by atoms with Crippen molar-refractivity contribution >= 4 is 22.8 Å². The summed E-state index contributed by atoms with van der Waals surface area (Å²) >= 11 is 0. The van der Waals surface area contributed by atoms with Crippen LogP contribution in [0.2, 0.25) is 0 Å². The standard InChI is InChI=1S/C24H23NO6/c1-14-20(26)9-8-19-18(11-22(28)31-23(14)19)13-30-24(29)17-10-21(27)25(12-17)15(2)16-6-4-3-5-7-16/h3-9,11,15,17,26H,10,12-13H2,1-2H3/t15-,17+/m0/s1. The zero-order valence-electron chi connectivity index (χ0n) is 17.3. The number of aromatic hydroxyl groups is 1. The Balaban J connectivity index is 1.47. The average molecular weight is 421 g/mol. The summed E-state index contributed by atoms with van der Waals surface area (Å²) < 4.78 is 10.7. The Hall–Kier alpha value is -3.61. The summed E-state index contributed by atoms with van der Waals surface area (Å²) in [4.78, 5) is 38.8. The number of phenolic OH excluding ortho intramolecular Hbond substituents is 1. The lowest BCUT2D eigenvalue weighted by molar-refractivity contribution is -0.149. The van der Waals surface area contributed by atoms with Gasteiger partial charge in [-0.25, -0.2) is 4.79 Å². The van der Waals surface area contributed by atoms with E-state index in [0.29, 0.717) is 23.1 Å². The first-order valence-electron chi connectivity index (χ1n) is 10.1. The van der Waals surface area contributed by atoms with Gasteiger partial charge in [0.15, 0.2) is 0 Å². The SMILES string of the molecule is Cc1c(O)ccc2c(COC(=O)[C@@H]3CC(=O)N([C@@H](C)c4ccccc4)C3)cc(=O)oc12. The number of likely N-dealkylation sites (tertiary alicyclic amines) is 1. The van der Waals surface area contributed by atoms with E-state index in [1.807, 2.05) is 37.3 Å². The van der Waals surface area contributed by atoms with E-state index in [4.69, 9.17) is 9.15 Å². The molecule has 0 unspecified atom stereocenters. The van der Waals surface area contributed by atoms with Crippen LogP contribution < -0.4 is 5.63 Å². The minimum atomic E-state index is -0.592. The van der Waals surface area contributed by atoms with Crippen molar-refractivity contribution in [2.75, 3.05) is 6.54 Å². The number of aryl methyl sites for hydroxylation is 1. The largest absolute Gasteiger partial charge is 0.508 e. The first kappa shape index (κ1) is 20.7. The van der Waals surface area contributed by atoms with Gasteiger partial charge in [0, 0.05) is 35.5 Å². The van der Waals surface area contributed by atoms with E-state index >= 15 is 0 Å². The topological polar surface area (TPSA) is 97.0 Å². The molecule has 1 saturated heterocycles. The van der Waals surface area contributed by atoms with E-state index in [2.05, 4.69) is 0 Å². The first-order chi connectivity index (χ1) is 14.8. The minimum absolute atomic E-state index is 0.0156. The number of carbonyl (C=O) groups is 2. The molecule has 1 aliphatic heterocycles. The van der Waals surface area contributed by atoms with Gasteiger partial charge in [-0.05, 0) is 31.5 Å². The summed E-state index contributed by atoms with van der Waals surface area (Å²) in [5, 5.41) is 10.4. The molecule has 1 amide bonds. The summed E-state index contributed by atoms with van der Waals surface area (Å²) in [6.45, 7) is 3.75. The van der Waals surface area contributed by atoms with Crippen molar-refractivity contribution in [3.63, 3.8) is 0 Å². The fourth-order valence-electron chi connectivity index (χ4n) is 3.98. The molecule has 0 saturated carbocycles. The Morgan fingerprint density at radius 1 is 1.23 bits per heavy atom. The molecule has 4 rings (SSSR count). The van der Waals surface area contributed by atoms with E-state index < -0.39 is 17.5 Å². The molecule has 2 atom stereocenters. The fraction of sp³-hybridized carbons (Fsp3) is 0.292. The minimum Gasteiger partial charge on any atom is -0.508 e. The van der Waals surface area contributed by atoms with Crippen LogP contribution in [0, 0.1) is 12.8 Å². The number of rotatable bonds is 5. The number of nitrogens with zero attached hydrogens (tertiary/aromatic N) is 1. The zero-order valence-corrected chi connectivity index (χ0v) is 17.3. The highest BCUT2D eigenvalue weighted by Crippen LogP contribution is 2.30. The van der Waals surface area contributed by atoms with Crippen LogP contribution in [0.3, 0.4) is 0 Å². The van der Waals surface area contributed by atoms with E-state index in [1.54, 1.807) is 17.9 Å². The van der Waals surface area contributed by atoms with Crippen LogP contribution in [-0.2, 0) is 20.9 Å². The van der Waals surface area contributed by atoms with Gasteiger partial charge in [-0.3, -0.25) is 9.59 Å². The highest BCUT2D eigenvalue weighted by Gasteiger charge is 2.38. The van der Waals surface area contributed by atoms with E-state index in [9.17, 15) is 19.5 Å². The predicted molar refractivity (Wildman–Crippen MR) is 113 cm³/mol. The summed E-state index contributed by atoms with van der Waals surface area (Å²) in [6.07, 6.45) is 0.0979. The number of amides is 1. The van der Waals surface area contributed by atoms with Crippen molar-refractivity contribution in [1.29, 1.82) is 0 Å². The molecule has 0 bridgehead atoms. The summed E-state index contributed by atoms with van der Waals surface area (Å²) in [7, 11) is 0. The van der Waals surface area contributed by atoms with Crippen LogP contribution >= 0.6 is 0 Å². The number of carbonyl (C=O) groups excluding carboxylic acids is 2. The molecule has 160 valence electrons. The molecule has 0 radical (unpaired) electrons. The summed E-state index contributed by atoms with van der Waals surface area (Å²) in [6, 6.07) is 13.9. The van der Waals surface area contributed by atoms with E-state index in [0.717, 1.165) is 5.56 Å². The maximum absolute atomic E-state index is 12.7. The predicted octanol–water partition coefficient (Wildman–Crippen LogP) is 3.46.